The van der Waals surface area contributed by atoms with Gasteiger partial charge in [-0.25, -0.2) is 0 Å². The molecule has 0 amide bonds. The maximum Gasteiger partial charge on any atom is 0.0625 e. The highest BCUT2D eigenvalue weighted by atomic mass is 15.2. The molecular formula is C17H24N2. The minimum absolute atomic E-state index is 0.279. The number of likely N-dealkylation sites (tertiary alicyclic amines) is 1. The highest BCUT2D eigenvalue weighted by Crippen LogP contribution is 2.31. The quantitative estimate of drug-likeness (QED) is 0.822. The second-order valence-corrected chi connectivity index (χ2v) is 6.26. The molecule has 0 N–H and O–H groups in total. The second-order valence-electron chi connectivity index (χ2n) is 6.26. The van der Waals surface area contributed by atoms with Gasteiger partial charge in [-0.3, -0.25) is 4.90 Å². The molecule has 102 valence electrons. The fourth-order valence-electron chi connectivity index (χ4n) is 2.96. The Bertz CT molecular complexity index is 430. The van der Waals surface area contributed by atoms with E-state index in [1.807, 2.05) is 0 Å². The fourth-order valence-corrected chi connectivity index (χ4v) is 2.96. The van der Waals surface area contributed by atoms with E-state index in [1.54, 1.807) is 0 Å². The highest BCUT2D eigenvalue weighted by molar-refractivity contribution is 5.15. The van der Waals surface area contributed by atoms with E-state index in [4.69, 9.17) is 5.26 Å². The van der Waals surface area contributed by atoms with Gasteiger partial charge in [-0.05, 0) is 44.6 Å². The lowest BCUT2D eigenvalue weighted by atomic mass is 9.83. The van der Waals surface area contributed by atoms with E-state index >= 15 is 0 Å². The van der Waals surface area contributed by atoms with Crippen molar-refractivity contribution < 1.29 is 0 Å². The Morgan fingerprint density at radius 2 is 2.05 bits per heavy atom. The van der Waals surface area contributed by atoms with Crippen LogP contribution in [-0.2, 0) is 6.42 Å². The lowest BCUT2D eigenvalue weighted by molar-refractivity contribution is 0.0476. The number of nitrogens with zero attached hydrogens (tertiary/aromatic N) is 2. The van der Waals surface area contributed by atoms with Gasteiger partial charge in [0, 0.05) is 25.0 Å². The average molecular weight is 256 g/mol. The summed E-state index contributed by atoms with van der Waals surface area (Å²) in [6, 6.07) is 13.0. The Morgan fingerprint density at radius 3 is 2.74 bits per heavy atom. The summed E-state index contributed by atoms with van der Waals surface area (Å²) in [6.45, 7) is 6.84. The van der Waals surface area contributed by atoms with Gasteiger partial charge < -0.3 is 0 Å². The molecule has 2 nitrogen and oxygen atoms in total. The van der Waals surface area contributed by atoms with Crippen LogP contribution in [0, 0.1) is 17.2 Å². The Hall–Kier alpha value is -1.33. The van der Waals surface area contributed by atoms with Crippen LogP contribution in [0.25, 0.3) is 0 Å². The first-order chi connectivity index (χ1) is 9.12. The lowest BCUT2D eigenvalue weighted by Crippen LogP contribution is -2.51. The summed E-state index contributed by atoms with van der Waals surface area (Å²) in [5, 5.41) is 8.87. The number of nitriles is 1. The monoisotopic (exact) mass is 256 g/mol. The summed E-state index contributed by atoms with van der Waals surface area (Å²) < 4.78 is 0. The molecule has 1 aliphatic heterocycles. The SMILES string of the molecule is CC1(C)CCC(CC#N)CN1CCc1ccccc1. The van der Waals surface area contributed by atoms with Gasteiger partial charge in [0.1, 0.15) is 0 Å². The third-order valence-electron chi connectivity index (χ3n) is 4.39. The van der Waals surface area contributed by atoms with Crippen LogP contribution < -0.4 is 0 Å². The van der Waals surface area contributed by atoms with Crippen LogP contribution in [0.5, 0.6) is 0 Å². The van der Waals surface area contributed by atoms with Crippen LogP contribution in [0.1, 0.15) is 38.7 Å². The standard InChI is InChI=1S/C17H24N2/c1-17(2)11-8-16(9-12-18)14-19(17)13-10-15-6-4-3-5-7-15/h3-7,16H,8-11,13-14H2,1-2H3. The molecule has 2 heteroatoms. The third-order valence-corrected chi connectivity index (χ3v) is 4.39. The maximum atomic E-state index is 8.87. The molecule has 19 heavy (non-hydrogen) atoms. The zero-order valence-corrected chi connectivity index (χ0v) is 12.1. The van der Waals surface area contributed by atoms with Crippen molar-refractivity contribution in [3.63, 3.8) is 0 Å². The molecule has 1 atom stereocenters. The Morgan fingerprint density at radius 1 is 1.32 bits per heavy atom. The topological polar surface area (TPSA) is 27.0 Å². The number of benzene rings is 1. The van der Waals surface area contributed by atoms with E-state index < -0.39 is 0 Å². The van der Waals surface area contributed by atoms with Gasteiger partial charge in [0.05, 0.1) is 6.07 Å². The van der Waals surface area contributed by atoms with E-state index in [0.29, 0.717) is 12.3 Å². The Kier molecular flexibility index (Phi) is 4.61. The predicted molar refractivity (Wildman–Crippen MR) is 78.8 cm³/mol. The Labute approximate surface area is 117 Å². The van der Waals surface area contributed by atoms with Crippen LogP contribution in [0.4, 0.5) is 0 Å². The van der Waals surface area contributed by atoms with Gasteiger partial charge in [-0.1, -0.05) is 30.3 Å². The van der Waals surface area contributed by atoms with Gasteiger partial charge in [-0.15, -0.1) is 0 Å². The van der Waals surface area contributed by atoms with Gasteiger partial charge in [0.2, 0.25) is 0 Å². The lowest BCUT2D eigenvalue weighted by Gasteiger charge is -2.45. The molecule has 0 aromatic heterocycles. The van der Waals surface area contributed by atoms with Crippen LogP contribution in [0.2, 0.25) is 0 Å². The minimum Gasteiger partial charge on any atom is -0.298 e. The van der Waals surface area contributed by atoms with Gasteiger partial charge in [0.25, 0.3) is 0 Å². The van der Waals surface area contributed by atoms with E-state index in [-0.39, 0.29) is 5.54 Å². The molecule has 0 aliphatic carbocycles. The van der Waals surface area contributed by atoms with E-state index in [2.05, 4.69) is 55.1 Å². The molecule has 1 saturated heterocycles. The minimum atomic E-state index is 0.279. The first-order valence-corrected chi connectivity index (χ1v) is 7.28. The first kappa shape index (κ1) is 14.1. The molecule has 1 aliphatic rings. The molecule has 0 bridgehead atoms. The van der Waals surface area contributed by atoms with Crippen molar-refractivity contribution in [3.05, 3.63) is 35.9 Å². The number of piperidine rings is 1. The molecule has 1 heterocycles. The normalized spacial score (nSPS) is 22.9. The number of rotatable bonds is 4. The summed E-state index contributed by atoms with van der Waals surface area (Å²) in [5.41, 5.74) is 1.68. The van der Waals surface area contributed by atoms with Gasteiger partial charge in [0.15, 0.2) is 0 Å². The van der Waals surface area contributed by atoms with E-state index in [1.165, 1.54) is 18.4 Å². The van der Waals surface area contributed by atoms with Crippen LogP contribution in [0.3, 0.4) is 0 Å². The van der Waals surface area contributed by atoms with Crippen molar-refractivity contribution in [1.29, 1.82) is 5.26 Å². The molecule has 0 spiro atoms. The van der Waals surface area contributed by atoms with Crippen molar-refractivity contribution in [1.82, 2.24) is 4.90 Å². The van der Waals surface area contributed by atoms with Crippen LogP contribution >= 0.6 is 0 Å². The van der Waals surface area contributed by atoms with Crippen molar-refractivity contribution in [2.75, 3.05) is 13.1 Å². The van der Waals surface area contributed by atoms with E-state index in [9.17, 15) is 0 Å². The van der Waals surface area contributed by atoms with Crippen molar-refractivity contribution in [2.24, 2.45) is 5.92 Å². The Balaban J connectivity index is 1.94. The average Bonchev–Trinajstić information content (AvgIpc) is 2.41. The summed E-state index contributed by atoms with van der Waals surface area (Å²) in [4.78, 5) is 2.57. The molecule has 2 rings (SSSR count). The molecule has 0 radical (unpaired) electrons. The number of hydrogen-bond acceptors (Lipinski definition) is 2. The van der Waals surface area contributed by atoms with Crippen LogP contribution in [-0.4, -0.2) is 23.5 Å². The van der Waals surface area contributed by atoms with Crippen molar-refractivity contribution in [3.8, 4) is 6.07 Å². The fraction of sp³-hybridized carbons (Fsp3) is 0.588. The van der Waals surface area contributed by atoms with Crippen molar-refractivity contribution in [2.45, 2.75) is 45.1 Å². The summed E-state index contributed by atoms with van der Waals surface area (Å²) >= 11 is 0. The summed E-state index contributed by atoms with van der Waals surface area (Å²) in [5.74, 6) is 0.564. The van der Waals surface area contributed by atoms with Crippen molar-refractivity contribution >= 4 is 0 Å². The number of hydrogen-bond donors (Lipinski definition) is 0. The molecule has 1 aromatic carbocycles. The molecule has 1 aromatic rings. The van der Waals surface area contributed by atoms with Crippen LogP contribution in [0.15, 0.2) is 30.3 Å². The molecule has 0 saturated carbocycles. The second kappa shape index (κ2) is 6.21. The zero-order valence-electron chi connectivity index (χ0n) is 12.1. The third kappa shape index (κ3) is 3.81. The first-order valence-electron chi connectivity index (χ1n) is 7.28. The van der Waals surface area contributed by atoms with Gasteiger partial charge >= 0.3 is 0 Å². The molecule has 1 unspecified atom stereocenters. The molecular weight excluding hydrogens is 232 g/mol. The zero-order chi connectivity index (χ0) is 13.7. The van der Waals surface area contributed by atoms with Gasteiger partial charge in [-0.2, -0.15) is 5.26 Å². The largest absolute Gasteiger partial charge is 0.298 e. The smallest absolute Gasteiger partial charge is 0.0625 e. The highest BCUT2D eigenvalue weighted by Gasteiger charge is 2.33. The summed E-state index contributed by atoms with van der Waals surface area (Å²) in [6.07, 6.45) is 4.21. The summed E-state index contributed by atoms with van der Waals surface area (Å²) in [7, 11) is 0. The predicted octanol–water partition coefficient (Wildman–Crippen LogP) is 3.63. The van der Waals surface area contributed by atoms with E-state index in [0.717, 1.165) is 19.5 Å². The molecule has 1 fully saturated rings. The maximum absolute atomic E-state index is 8.87.